The molecular weight excluding hydrogens is 300 g/mol. The quantitative estimate of drug-likeness (QED) is 0.679. The lowest BCUT2D eigenvalue weighted by Gasteiger charge is -2.21. The Morgan fingerprint density at radius 2 is 2.00 bits per heavy atom. The van der Waals surface area contributed by atoms with Crippen molar-refractivity contribution in [1.82, 2.24) is 0 Å². The molecule has 1 unspecified atom stereocenters. The van der Waals surface area contributed by atoms with Crippen molar-refractivity contribution in [3.8, 4) is 5.75 Å². The van der Waals surface area contributed by atoms with Gasteiger partial charge in [-0.05, 0) is 70.4 Å². The Kier molecular flexibility index (Phi) is 6.47. The van der Waals surface area contributed by atoms with Gasteiger partial charge in [0.1, 0.15) is 11.4 Å². The van der Waals surface area contributed by atoms with Crippen LogP contribution in [-0.2, 0) is 9.53 Å². The van der Waals surface area contributed by atoms with E-state index in [0.717, 1.165) is 31.4 Å². The van der Waals surface area contributed by atoms with Crippen molar-refractivity contribution in [2.45, 2.75) is 64.9 Å². The van der Waals surface area contributed by atoms with E-state index in [2.05, 4.69) is 18.2 Å². The van der Waals surface area contributed by atoms with Gasteiger partial charge in [-0.2, -0.15) is 0 Å². The zero-order valence-electron chi connectivity index (χ0n) is 15.4. The molecule has 1 atom stereocenters. The van der Waals surface area contributed by atoms with Crippen molar-refractivity contribution in [3.63, 3.8) is 0 Å². The summed E-state index contributed by atoms with van der Waals surface area (Å²) < 4.78 is 10.9. The van der Waals surface area contributed by atoms with Crippen LogP contribution in [0, 0.1) is 5.92 Å². The first kappa shape index (κ1) is 18.6. The van der Waals surface area contributed by atoms with Crippen LogP contribution in [0.4, 0.5) is 0 Å². The molecule has 0 spiro atoms. The van der Waals surface area contributed by atoms with Crippen molar-refractivity contribution in [3.05, 3.63) is 35.9 Å². The Morgan fingerprint density at radius 1 is 1.25 bits per heavy atom. The van der Waals surface area contributed by atoms with Crippen molar-refractivity contribution in [2.24, 2.45) is 5.92 Å². The molecule has 0 fully saturated rings. The molecule has 0 aromatic heterocycles. The Morgan fingerprint density at radius 3 is 2.71 bits per heavy atom. The second-order valence-corrected chi connectivity index (χ2v) is 7.56. The van der Waals surface area contributed by atoms with E-state index in [0.29, 0.717) is 12.3 Å². The van der Waals surface area contributed by atoms with Crippen molar-refractivity contribution in [2.75, 3.05) is 7.11 Å². The Hall–Kier alpha value is -1.77. The lowest BCUT2D eigenvalue weighted by molar-refractivity contribution is -0.155. The highest BCUT2D eigenvalue weighted by atomic mass is 16.6. The molecule has 0 saturated carbocycles. The van der Waals surface area contributed by atoms with E-state index in [9.17, 15) is 4.79 Å². The number of carbonyl (C=O) groups is 1. The first-order valence-corrected chi connectivity index (χ1v) is 8.93. The summed E-state index contributed by atoms with van der Waals surface area (Å²) in [6, 6.07) is 8.19. The molecule has 0 aliphatic heterocycles. The first-order chi connectivity index (χ1) is 11.4. The predicted molar refractivity (Wildman–Crippen MR) is 98.0 cm³/mol. The number of esters is 1. The molecule has 2 rings (SSSR count). The molecule has 0 bridgehead atoms. The van der Waals surface area contributed by atoms with Crippen LogP contribution in [-0.4, -0.2) is 18.7 Å². The van der Waals surface area contributed by atoms with Gasteiger partial charge < -0.3 is 9.47 Å². The van der Waals surface area contributed by atoms with E-state index < -0.39 is 5.60 Å². The zero-order chi connectivity index (χ0) is 17.6. The monoisotopic (exact) mass is 330 g/mol. The van der Waals surface area contributed by atoms with Gasteiger partial charge in [-0.3, -0.25) is 4.79 Å². The summed E-state index contributed by atoms with van der Waals surface area (Å²) in [6.07, 6.45) is 8.17. The molecule has 1 aromatic rings. The summed E-state index contributed by atoms with van der Waals surface area (Å²) in [5.41, 5.74) is 2.13. The highest BCUT2D eigenvalue weighted by molar-refractivity contribution is 5.71. The molecule has 0 saturated heterocycles. The highest BCUT2D eigenvalue weighted by Crippen LogP contribution is 2.36. The van der Waals surface area contributed by atoms with Crippen LogP contribution in [0.5, 0.6) is 5.75 Å². The van der Waals surface area contributed by atoms with E-state index in [4.69, 9.17) is 9.47 Å². The van der Waals surface area contributed by atoms with E-state index in [1.807, 2.05) is 32.9 Å². The number of benzene rings is 1. The summed E-state index contributed by atoms with van der Waals surface area (Å²) >= 11 is 0. The number of rotatable bonds is 5. The van der Waals surface area contributed by atoms with Crippen LogP contribution in [0.1, 0.15) is 64.9 Å². The second-order valence-electron chi connectivity index (χ2n) is 7.56. The van der Waals surface area contributed by atoms with Crippen LogP contribution in [0.2, 0.25) is 0 Å². The van der Waals surface area contributed by atoms with E-state index in [-0.39, 0.29) is 5.97 Å². The first-order valence-electron chi connectivity index (χ1n) is 8.93. The molecule has 0 N–H and O–H groups in total. The third kappa shape index (κ3) is 5.70. The fourth-order valence-corrected chi connectivity index (χ4v) is 3.27. The van der Waals surface area contributed by atoms with E-state index in [1.165, 1.54) is 17.6 Å². The van der Waals surface area contributed by atoms with Crippen LogP contribution in [0.25, 0.3) is 5.57 Å². The average Bonchev–Trinajstić information content (AvgIpc) is 2.77. The molecule has 1 aliphatic carbocycles. The summed E-state index contributed by atoms with van der Waals surface area (Å²) in [4.78, 5) is 12.0. The van der Waals surface area contributed by atoms with Gasteiger partial charge in [0.05, 0.1) is 7.11 Å². The van der Waals surface area contributed by atoms with E-state index >= 15 is 0 Å². The molecule has 1 aromatic carbocycles. The molecular formula is C21H30O3. The SMILES string of the molecule is COc1ccccc1C1=CCCCC(CCC(=O)OC(C)(C)C)C1. The lowest BCUT2D eigenvalue weighted by atomic mass is 9.90. The molecule has 132 valence electrons. The minimum Gasteiger partial charge on any atom is -0.496 e. The number of hydrogen-bond acceptors (Lipinski definition) is 3. The molecule has 3 nitrogen and oxygen atoms in total. The van der Waals surface area contributed by atoms with Gasteiger partial charge in [0.2, 0.25) is 0 Å². The largest absolute Gasteiger partial charge is 0.496 e. The summed E-state index contributed by atoms with van der Waals surface area (Å²) in [6.45, 7) is 5.75. The van der Waals surface area contributed by atoms with Gasteiger partial charge in [0.15, 0.2) is 0 Å². The maximum absolute atomic E-state index is 12.0. The third-order valence-electron chi connectivity index (χ3n) is 4.35. The smallest absolute Gasteiger partial charge is 0.306 e. The van der Waals surface area contributed by atoms with Crippen LogP contribution in [0.3, 0.4) is 0 Å². The summed E-state index contributed by atoms with van der Waals surface area (Å²) in [5, 5.41) is 0. The Labute approximate surface area is 146 Å². The molecule has 0 amide bonds. The highest BCUT2D eigenvalue weighted by Gasteiger charge is 2.21. The lowest BCUT2D eigenvalue weighted by Crippen LogP contribution is -2.24. The Bertz CT molecular complexity index is 581. The van der Waals surface area contributed by atoms with Gasteiger partial charge in [-0.25, -0.2) is 0 Å². The third-order valence-corrected chi connectivity index (χ3v) is 4.35. The predicted octanol–water partition coefficient (Wildman–Crippen LogP) is 5.39. The molecule has 0 radical (unpaired) electrons. The normalized spacial score (nSPS) is 18.5. The molecule has 24 heavy (non-hydrogen) atoms. The van der Waals surface area contributed by atoms with Gasteiger partial charge >= 0.3 is 5.97 Å². The van der Waals surface area contributed by atoms with Gasteiger partial charge in [0.25, 0.3) is 0 Å². The number of para-hydroxylation sites is 1. The second kappa shape index (κ2) is 8.36. The number of carbonyl (C=O) groups excluding carboxylic acids is 1. The number of hydrogen-bond donors (Lipinski definition) is 0. The maximum Gasteiger partial charge on any atom is 0.306 e. The fourth-order valence-electron chi connectivity index (χ4n) is 3.27. The maximum atomic E-state index is 12.0. The van der Waals surface area contributed by atoms with Gasteiger partial charge in [0, 0.05) is 12.0 Å². The van der Waals surface area contributed by atoms with Crippen LogP contribution < -0.4 is 4.74 Å². The topological polar surface area (TPSA) is 35.5 Å². The molecule has 0 heterocycles. The number of allylic oxidation sites excluding steroid dienone is 2. The zero-order valence-corrected chi connectivity index (χ0v) is 15.4. The summed E-state index contributed by atoms with van der Waals surface area (Å²) in [7, 11) is 1.72. The fraction of sp³-hybridized carbons (Fsp3) is 0.571. The van der Waals surface area contributed by atoms with Crippen molar-refractivity contribution < 1.29 is 14.3 Å². The van der Waals surface area contributed by atoms with Gasteiger partial charge in [-0.15, -0.1) is 0 Å². The van der Waals surface area contributed by atoms with Gasteiger partial charge in [-0.1, -0.05) is 24.3 Å². The number of ether oxygens (including phenoxy) is 2. The number of methoxy groups -OCH3 is 1. The van der Waals surface area contributed by atoms with Crippen LogP contribution in [0.15, 0.2) is 30.3 Å². The molecule has 3 heteroatoms. The van der Waals surface area contributed by atoms with Crippen LogP contribution >= 0.6 is 0 Å². The van der Waals surface area contributed by atoms with Crippen molar-refractivity contribution >= 4 is 11.5 Å². The average molecular weight is 330 g/mol. The minimum absolute atomic E-state index is 0.0884. The standard InChI is InChI=1S/C21H30O3/c1-21(2,3)24-20(22)14-13-16-9-5-6-10-17(15-16)18-11-7-8-12-19(18)23-4/h7-8,10-12,16H,5-6,9,13-15H2,1-4H3. The molecule has 1 aliphatic rings. The Balaban J connectivity index is 1.99. The van der Waals surface area contributed by atoms with E-state index in [1.54, 1.807) is 7.11 Å². The van der Waals surface area contributed by atoms with Crippen molar-refractivity contribution in [1.29, 1.82) is 0 Å². The summed E-state index contributed by atoms with van der Waals surface area (Å²) in [5.74, 6) is 1.36. The minimum atomic E-state index is -0.400.